The lowest BCUT2D eigenvalue weighted by Crippen LogP contribution is -2.49. The van der Waals surface area contributed by atoms with E-state index in [1.807, 2.05) is 63.2 Å². The zero-order valence-electron chi connectivity index (χ0n) is 10.3. The Balaban J connectivity index is 2.92. The molecule has 1 heterocycles. The minimum absolute atomic E-state index is 0.908. The van der Waals surface area contributed by atoms with Crippen molar-refractivity contribution in [2.75, 3.05) is 42.3 Å². The Morgan fingerprint density at radius 3 is 2.07 bits per heavy atom. The van der Waals surface area contributed by atoms with Crippen molar-refractivity contribution in [2.45, 2.75) is 0 Å². The lowest BCUT2D eigenvalue weighted by atomic mass is 10.4. The van der Waals surface area contributed by atoms with Crippen LogP contribution < -0.4 is 5.43 Å². The Hall–Kier alpha value is -1.43. The Morgan fingerprint density at radius 1 is 1.07 bits per heavy atom. The van der Waals surface area contributed by atoms with E-state index in [4.69, 9.17) is 0 Å². The number of rotatable bonds is 2. The third-order valence-electron chi connectivity index (χ3n) is 2.00. The molecule has 0 spiro atoms. The van der Waals surface area contributed by atoms with Crippen LogP contribution in [0.5, 0.6) is 0 Å². The maximum atomic E-state index is 4.40. The molecule has 1 aliphatic heterocycles. The molecule has 0 unspecified atom stereocenters. The smallest absolute Gasteiger partial charge is 0.155 e. The monoisotopic (exact) mass is 212 g/mol. The number of amidine groups is 1. The summed E-state index contributed by atoms with van der Waals surface area (Å²) in [4.78, 5) is 3.98. The van der Waals surface area contributed by atoms with Gasteiger partial charge >= 0.3 is 0 Å². The summed E-state index contributed by atoms with van der Waals surface area (Å²) in [6.45, 7) is 0. The van der Waals surface area contributed by atoms with E-state index >= 15 is 0 Å². The minimum atomic E-state index is 0.908. The van der Waals surface area contributed by atoms with Crippen LogP contribution in [0.3, 0.4) is 0 Å². The van der Waals surface area contributed by atoms with Gasteiger partial charge in [0.25, 0.3) is 0 Å². The van der Waals surface area contributed by atoms with Gasteiger partial charge in [0.2, 0.25) is 0 Å². The van der Waals surface area contributed by atoms with Crippen LogP contribution in [0.2, 0.25) is 0 Å². The molecular formula is C9H20N6. The van der Waals surface area contributed by atoms with Gasteiger partial charge in [0.1, 0.15) is 5.82 Å². The Labute approximate surface area is 91.4 Å². The number of likely N-dealkylation sites (N-methyl/N-ethyl adjacent to an activating group) is 1. The van der Waals surface area contributed by atoms with Crippen molar-refractivity contribution < 1.29 is 0 Å². The van der Waals surface area contributed by atoms with Gasteiger partial charge in [0.15, 0.2) is 5.84 Å². The molecule has 6 heteroatoms. The molecule has 0 aliphatic carbocycles. The molecule has 86 valence electrons. The molecule has 6 nitrogen and oxygen atoms in total. The number of hydrogen-bond acceptors (Lipinski definition) is 6. The summed E-state index contributed by atoms with van der Waals surface area (Å²) in [6, 6.07) is 0. The molecule has 0 aromatic heterocycles. The fourth-order valence-corrected chi connectivity index (χ4v) is 1.05. The quantitative estimate of drug-likeness (QED) is 0.672. The van der Waals surface area contributed by atoms with Crippen LogP contribution in [0, 0.1) is 0 Å². The van der Waals surface area contributed by atoms with Crippen molar-refractivity contribution in [1.82, 2.24) is 25.5 Å². The van der Waals surface area contributed by atoms with E-state index in [1.165, 1.54) is 0 Å². The second-order valence-electron chi connectivity index (χ2n) is 4.03. The van der Waals surface area contributed by atoms with Crippen molar-refractivity contribution in [1.29, 1.82) is 0 Å². The van der Waals surface area contributed by atoms with Crippen molar-refractivity contribution in [3.63, 3.8) is 0 Å². The van der Waals surface area contributed by atoms with Crippen molar-refractivity contribution >= 4 is 5.84 Å². The van der Waals surface area contributed by atoms with Crippen LogP contribution in [-0.2, 0) is 0 Å². The highest BCUT2D eigenvalue weighted by Crippen LogP contribution is 2.06. The Kier molecular flexibility index (Phi) is 3.41. The molecular weight excluding hydrogens is 192 g/mol. The molecule has 1 rings (SSSR count). The lowest BCUT2D eigenvalue weighted by molar-refractivity contribution is -0.0251. The van der Waals surface area contributed by atoms with Crippen LogP contribution in [0.4, 0.5) is 0 Å². The second kappa shape index (κ2) is 4.39. The summed E-state index contributed by atoms with van der Waals surface area (Å²) in [5.41, 5.74) is 3.17. The maximum absolute atomic E-state index is 4.40. The zero-order valence-corrected chi connectivity index (χ0v) is 10.3. The predicted octanol–water partition coefficient (Wildman–Crippen LogP) is -0.439. The highest BCUT2D eigenvalue weighted by atomic mass is 15.9. The van der Waals surface area contributed by atoms with Crippen LogP contribution >= 0.6 is 0 Å². The van der Waals surface area contributed by atoms with Crippen molar-refractivity contribution in [3.05, 3.63) is 11.9 Å². The fourth-order valence-electron chi connectivity index (χ4n) is 1.05. The topological polar surface area (TPSA) is 37.4 Å². The Morgan fingerprint density at radius 2 is 1.67 bits per heavy atom. The first-order chi connectivity index (χ1) is 6.91. The van der Waals surface area contributed by atoms with Crippen LogP contribution in [0.15, 0.2) is 17.0 Å². The number of hydrazine groups is 2. The summed E-state index contributed by atoms with van der Waals surface area (Å²) in [5, 5.41) is 7.98. The second-order valence-corrected chi connectivity index (χ2v) is 4.03. The van der Waals surface area contributed by atoms with Crippen LogP contribution in [0.25, 0.3) is 0 Å². The number of hydrazone groups is 1. The van der Waals surface area contributed by atoms with E-state index < -0.39 is 0 Å². The van der Waals surface area contributed by atoms with Gasteiger partial charge in [-0.2, -0.15) is 5.01 Å². The molecule has 1 aliphatic rings. The van der Waals surface area contributed by atoms with E-state index in [0.29, 0.717) is 0 Å². The largest absolute Gasteiger partial charge is 0.363 e. The SMILES string of the molecule is CN(C)C1=CC(N(C)C)=NN(N(C)C)N1. The van der Waals surface area contributed by atoms with E-state index in [2.05, 4.69) is 10.5 Å². The normalized spacial score (nSPS) is 15.8. The average Bonchev–Trinajstić information content (AvgIpc) is 2.16. The van der Waals surface area contributed by atoms with Crippen LogP contribution in [0.1, 0.15) is 0 Å². The average molecular weight is 212 g/mol. The lowest BCUT2D eigenvalue weighted by Gasteiger charge is -2.34. The van der Waals surface area contributed by atoms with Gasteiger partial charge in [-0.3, -0.25) is 5.43 Å². The number of hydrogen-bond donors (Lipinski definition) is 1. The molecule has 0 amide bonds. The summed E-state index contributed by atoms with van der Waals surface area (Å²) < 4.78 is 0. The summed E-state index contributed by atoms with van der Waals surface area (Å²) in [5.74, 6) is 1.91. The molecule has 0 saturated carbocycles. The maximum Gasteiger partial charge on any atom is 0.155 e. The van der Waals surface area contributed by atoms with Gasteiger partial charge in [-0.1, -0.05) is 0 Å². The molecule has 0 fully saturated rings. The molecule has 0 saturated heterocycles. The first-order valence-electron chi connectivity index (χ1n) is 4.81. The molecule has 0 atom stereocenters. The van der Waals surface area contributed by atoms with E-state index in [0.717, 1.165) is 11.7 Å². The minimum Gasteiger partial charge on any atom is -0.363 e. The summed E-state index contributed by atoms with van der Waals surface area (Å²) >= 11 is 0. The molecule has 0 bridgehead atoms. The van der Waals surface area contributed by atoms with Gasteiger partial charge in [-0.25, -0.2) is 0 Å². The molecule has 1 N–H and O–H groups in total. The number of nitrogens with zero attached hydrogens (tertiary/aromatic N) is 5. The molecule has 0 aromatic carbocycles. The third kappa shape index (κ3) is 2.76. The van der Waals surface area contributed by atoms with Gasteiger partial charge in [0, 0.05) is 48.4 Å². The predicted molar refractivity (Wildman–Crippen MR) is 61.6 cm³/mol. The standard InChI is InChI=1S/C9H20N6/c1-12(2)8-7-9(13(3)4)11-15(10-8)14(5)6/h7,10H,1-6H3. The van der Waals surface area contributed by atoms with Gasteiger partial charge in [-0.05, 0) is 0 Å². The first kappa shape index (κ1) is 11.6. The highest BCUT2D eigenvalue weighted by molar-refractivity contribution is 5.93. The number of nitrogens with one attached hydrogen (secondary N) is 1. The van der Waals surface area contributed by atoms with Crippen LogP contribution in [-0.4, -0.2) is 68.2 Å². The third-order valence-corrected chi connectivity index (χ3v) is 2.00. The highest BCUT2D eigenvalue weighted by Gasteiger charge is 2.16. The fraction of sp³-hybridized carbons (Fsp3) is 0.667. The van der Waals surface area contributed by atoms with E-state index in [9.17, 15) is 0 Å². The summed E-state index contributed by atoms with van der Waals surface area (Å²) in [6.07, 6.45) is 2.00. The molecule has 0 aromatic rings. The zero-order chi connectivity index (χ0) is 11.6. The van der Waals surface area contributed by atoms with Crippen molar-refractivity contribution in [2.24, 2.45) is 5.10 Å². The first-order valence-corrected chi connectivity index (χ1v) is 4.81. The van der Waals surface area contributed by atoms with E-state index in [-0.39, 0.29) is 0 Å². The Bertz CT molecular complexity index is 278. The van der Waals surface area contributed by atoms with Gasteiger partial charge in [-0.15, -0.1) is 10.3 Å². The van der Waals surface area contributed by atoms with Crippen molar-refractivity contribution in [3.8, 4) is 0 Å². The van der Waals surface area contributed by atoms with E-state index in [1.54, 1.807) is 5.23 Å². The van der Waals surface area contributed by atoms with Gasteiger partial charge < -0.3 is 9.80 Å². The summed E-state index contributed by atoms with van der Waals surface area (Å²) in [7, 11) is 11.8. The molecule has 0 radical (unpaired) electrons. The molecule has 15 heavy (non-hydrogen) atoms. The van der Waals surface area contributed by atoms with Gasteiger partial charge in [0.05, 0.1) is 0 Å².